The largest absolute Gasteiger partial charge is 0.497 e. The minimum absolute atomic E-state index is 0.0517. The predicted molar refractivity (Wildman–Crippen MR) is 84.4 cm³/mol. The maximum Gasteiger partial charge on any atom is 0.262 e. The summed E-state index contributed by atoms with van der Waals surface area (Å²) in [4.78, 5) is 11.4. The van der Waals surface area contributed by atoms with Gasteiger partial charge in [0.15, 0.2) is 6.61 Å². The van der Waals surface area contributed by atoms with E-state index in [9.17, 15) is 13.2 Å². The number of sulfonamides is 1. The molecule has 2 N–H and O–H groups in total. The zero-order valence-electron chi connectivity index (χ0n) is 12.2. The normalized spacial score (nSPS) is 13.5. The van der Waals surface area contributed by atoms with Crippen molar-refractivity contribution in [1.29, 1.82) is 0 Å². The molecule has 8 heteroatoms. The van der Waals surface area contributed by atoms with Crippen molar-refractivity contribution >= 4 is 27.3 Å². The smallest absolute Gasteiger partial charge is 0.262 e. The Morgan fingerprint density at radius 2 is 1.91 bits per heavy atom. The molecule has 7 nitrogen and oxygen atoms in total. The molecule has 1 aliphatic heterocycles. The van der Waals surface area contributed by atoms with Crippen LogP contribution in [0.1, 0.15) is 0 Å². The highest BCUT2D eigenvalue weighted by Gasteiger charge is 2.19. The molecule has 0 spiro atoms. The molecule has 1 heterocycles. The van der Waals surface area contributed by atoms with Crippen molar-refractivity contribution in [3.8, 4) is 11.5 Å². The van der Waals surface area contributed by atoms with Crippen LogP contribution in [0.4, 0.5) is 11.4 Å². The molecule has 0 unspecified atom stereocenters. The third kappa shape index (κ3) is 3.21. The van der Waals surface area contributed by atoms with Crippen molar-refractivity contribution in [3.63, 3.8) is 0 Å². The van der Waals surface area contributed by atoms with Crippen LogP contribution in [-0.2, 0) is 14.8 Å². The molecule has 0 bridgehead atoms. The van der Waals surface area contributed by atoms with E-state index in [1.807, 2.05) is 0 Å². The standard InChI is InChI=1S/C15H14N2O5S/c1-21-11-3-5-12(6-4-11)23(19,20)17-10-2-7-14-13(8-10)16-15(18)9-22-14/h2-8,17H,9H2,1H3,(H,16,18). The van der Waals surface area contributed by atoms with E-state index in [0.29, 0.717) is 22.9 Å². The maximum absolute atomic E-state index is 12.4. The van der Waals surface area contributed by atoms with E-state index >= 15 is 0 Å². The lowest BCUT2D eigenvalue weighted by molar-refractivity contribution is -0.118. The number of rotatable bonds is 4. The number of hydrogen-bond acceptors (Lipinski definition) is 5. The van der Waals surface area contributed by atoms with Crippen molar-refractivity contribution in [2.75, 3.05) is 23.8 Å². The van der Waals surface area contributed by atoms with Gasteiger partial charge in [-0.1, -0.05) is 0 Å². The Kier molecular flexibility index (Phi) is 3.83. The first-order valence-corrected chi connectivity index (χ1v) is 8.20. The SMILES string of the molecule is COc1ccc(S(=O)(=O)Nc2ccc3c(c2)NC(=O)CO3)cc1. The van der Waals surface area contributed by atoms with Crippen molar-refractivity contribution in [1.82, 2.24) is 0 Å². The number of carbonyl (C=O) groups is 1. The summed E-state index contributed by atoms with van der Waals surface area (Å²) in [6.45, 7) is -0.0517. The second-order valence-corrected chi connectivity index (χ2v) is 6.51. The van der Waals surface area contributed by atoms with E-state index in [1.54, 1.807) is 24.3 Å². The lowest BCUT2D eigenvalue weighted by Gasteiger charge is -2.18. The van der Waals surface area contributed by atoms with Gasteiger partial charge in [0.2, 0.25) is 0 Å². The van der Waals surface area contributed by atoms with Gasteiger partial charge in [0.1, 0.15) is 11.5 Å². The van der Waals surface area contributed by atoms with Crippen LogP contribution in [0.3, 0.4) is 0 Å². The number of benzene rings is 2. The van der Waals surface area contributed by atoms with Crippen LogP contribution in [0.25, 0.3) is 0 Å². The van der Waals surface area contributed by atoms with Gasteiger partial charge < -0.3 is 14.8 Å². The Morgan fingerprint density at radius 3 is 2.61 bits per heavy atom. The summed E-state index contributed by atoms with van der Waals surface area (Å²) in [5.41, 5.74) is 0.751. The number of nitrogens with one attached hydrogen (secondary N) is 2. The molecule has 0 radical (unpaired) electrons. The summed E-state index contributed by atoms with van der Waals surface area (Å²) < 4.78 is 37.4. The maximum atomic E-state index is 12.4. The predicted octanol–water partition coefficient (Wildman–Crippen LogP) is 1.83. The van der Waals surface area contributed by atoms with E-state index in [0.717, 1.165) is 0 Å². The molecule has 2 aromatic carbocycles. The van der Waals surface area contributed by atoms with Crippen molar-refractivity contribution in [2.45, 2.75) is 4.90 Å². The zero-order chi connectivity index (χ0) is 16.4. The summed E-state index contributed by atoms with van der Waals surface area (Å²) in [6, 6.07) is 10.7. The summed E-state index contributed by atoms with van der Waals surface area (Å²) >= 11 is 0. The third-order valence-corrected chi connectivity index (χ3v) is 4.63. The Bertz CT molecular complexity index is 847. The summed E-state index contributed by atoms with van der Waals surface area (Å²) in [5.74, 6) is 0.780. The van der Waals surface area contributed by atoms with E-state index in [1.165, 1.54) is 25.3 Å². The molecule has 2 aromatic rings. The van der Waals surface area contributed by atoms with Crippen LogP contribution in [0, 0.1) is 0 Å². The van der Waals surface area contributed by atoms with E-state index < -0.39 is 10.0 Å². The van der Waals surface area contributed by atoms with E-state index in [4.69, 9.17) is 9.47 Å². The molecule has 0 saturated carbocycles. The van der Waals surface area contributed by atoms with Crippen LogP contribution in [0.15, 0.2) is 47.4 Å². The molecule has 1 amide bonds. The molecule has 0 aliphatic carbocycles. The van der Waals surface area contributed by atoms with Gasteiger partial charge in [0.25, 0.3) is 15.9 Å². The Morgan fingerprint density at radius 1 is 1.17 bits per heavy atom. The highest BCUT2D eigenvalue weighted by atomic mass is 32.2. The zero-order valence-corrected chi connectivity index (χ0v) is 13.0. The number of carbonyl (C=O) groups excluding carboxylic acids is 1. The number of methoxy groups -OCH3 is 1. The van der Waals surface area contributed by atoms with Crippen LogP contribution >= 0.6 is 0 Å². The quantitative estimate of drug-likeness (QED) is 0.889. The Labute approximate surface area is 133 Å². The van der Waals surface area contributed by atoms with Gasteiger partial charge in [-0.25, -0.2) is 8.42 Å². The number of fused-ring (bicyclic) bond motifs is 1. The Hall–Kier alpha value is -2.74. The fourth-order valence-corrected chi connectivity index (χ4v) is 3.17. The first-order valence-electron chi connectivity index (χ1n) is 6.71. The average Bonchev–Trinajstić information content (AvgIpc) is 2.54. The van der Waals surface area contributed by atoms with Gasteiger partial charge in [-0.2, -0.15) is 0 Å². The molecule has 120 valence electrons. The first kappa shape index (κ1) is 15.2. The fourth-order valence-electron chi connectivity index (χ4n) is 2.12. The van der Waals surface area contributed by atoms with Gasteiger partial charge in [0, 0.05) is 0 Å². The number of ether oxygens (including phenoxy) is 2. The highest BCUT2D eigenvalue weighted by Crippen LogP contribution is 2.31. The first-order chi connectivity index (χ1) is 11.0. The summed E-state index contributed by atoms with van der Waals surface area (Å²) in [7, 11) is -2.23. The topological polar surface area (TPSA) is 93.7 Å². The minimum Gasteiger partial charge on any atom is -0.497 e. The van der Waals surface area contributed by atoms with E-state index in [2.05, 4.69) is 10.0 Å². The molecular formula is C15H14N2O5S. The number of hydrogen-bond donors (Lipinski definition) is 2. The van der Waals surface area contributed by atoms with Crippen LogP contribution in [0.5, 0.6) is 11.5 Å². The molecule has 23 heavy (non-hydrogen) atoms. The second kappa shape index (κ2) is 5.81. The molecule has 0 fully saturated rings. The lowest BCUT2D eigenvalue weighted by Crippen LogP contribution is -2.25. The van der Waals surface area contributed by atoms with Crippen molar-refractivity contribution in [2.24, 2.45) is 0 Å². The summed E-state index contributed by atoms with van der Waals surface area (Å²) in [6.07, 6.45) is 0. The molecule has 3 rings (SSSR count). The third-order valence-electron chi connectivity index (χ3n) is 3.23. The van der Waals surface area contributed by atoms with Crippen LogP contribution in [-0.4, -0.2) is 28.0 Å². The van der Waals surface area contributed by atoms with Gasteiger partial charge >= 0.3 is 0 Å². The van der Waals surface area contributed by atoms with Gasteiger partial charge in [-0.3, -0.25) is 9.52 Å². The fraction of sp³-hybridized carbons (Fsp3) is 0.133. The number of amides is 1. The van der Waals surface area contributed by atoms with Crippen molar-refractivity contribution < 1.29 is 22.7 Å². The van der Waals surface area contributed by atoms with Crippen LogP contribution in [0.2, 0.25) is 0 Å². The van der Waals surface area contributed by atoms with Gasteiger partial charge in [-0.05, 0) is 42.5 Å². The number of anilines is 2. The van der Waals surface area contributed by atoms with Crippen molar-refractivity contribution in [3.05, 3.63) is 42.5 Å². The molecular weight excluding hydrogens is 320 g/mol. The molecule has 0 saturated heterocycles. The summed E-state index contributed by atoms with van der Waals surface area (Å²) in [5, 5.41) is 2.63. The minimum atomic E-state index is -3.74. The van der Waals surface area contributed by atoms with E-state index in [-0.39, 0.29) is 17.4 Å². The second-order valence-electron chi connectivity index (χ2n) is 4.83. The van der Waals surface area contributed by atoms with Gasteiger partial charge in [0.05, 0.1) is 23.4 Å². The lowest BCUT2D eigenvalue weighted by atomic mass is 10.2. The monoisotopic (exact) mass is 334 g/mol. The molecule has 0 aromatic heterocycles. The Balaban J connectivity index is 1.85. The van der Waals surface area contributed by atoms with Gasteiger partial charge in [-0.15, -0.1) is 0 Å². The molecule has 1 aliphatic rings. The molecule has 0 atom stereocenters. The highest BCUT2D eigenvalue weighted by molar-refractivity contribution is 7.92. The average molecular weight is 334 g/mol. The van der Waals surface area contributed by atoms with Crippen LogP contribution < -0.4 is 19.5 Å².